The van der Waals surface area contributed by atoms with E-state index in [1.165, 1.54) is 15.1 Å². The summed E-state index contributed by atoms with van der Waals surface area (Å²) in [7, 11) is -3.86. The molecule has 4 aromatic rings. The fraction of sp³-hybridized carbons (Fsp3) is 0.111. The fourth-order valence-corrected chi connectivity index (χ4v) is 6.29. The number of hydrogen-bond donors (Lipinski definition) is 0. The van der Waals surface area contributed by atoms with E-state index in [9.17, 15) is 18.0 Å². The van der Waals surface area contributed by atoms with Gasteiger partial charge in [0.1, 0.15) is 0 Å². The number of imide groups is 1. The van der Waals surface area contributed by atoms with Crippen LogP contribution in [0.15, 0.2) is 88.8 Å². The number of thioether (sulfide) groups is 1. The van der Waals surface area contributed by atoms with E-state index < -0.39 is 10.0 Å². The van der Waals surface area contributed by atoms with Gasteiger partial charge in [-0.2, -0.15) is 0 Å². The van der Waals surface area contributed by atoms with Crippen LogP contribution in [0.1, 0.15) is 22.3 Å². The minimum atomic E-state index is -3.86. The van der Waals surface area contributed by atoms with Crippen LogP contribution < -0.4 is 0 Å². The molecule has 0 bridgehead atoms. The van der Waals surface area contributed by atoms with Crippen LogP contribution in [0, 0.1) is 13.8 Å². The van der Waals surface area contributed by atoms with Gasteiger partial charge >= 0.3 is 0 Å². The van der Waals surface area contributed by atoms with Crippen molar-refractivity contribution in [1.29, 1.82) is 0 Å². The summed E-state index contributed by atoms with van der Waals surface area (Å²) in [6.45, 7) is 4.04. The summed E-state index contributed by atoms with van der Waals surface area (Å²) in [4.78, 5) is 27.4. The number of benzene rings is 3. The van der Waals surface area contributed by atoms with Crippen molar-refractivity contribution < 1.29 is 18.0 Å². The lowest BCUT2D eigenvalue weighted by Gasteiger charge is -2.12. The number of hydrogen-bond acceptors (Lipinski definition) is 5. The van der Waals surface area contributed by atoms with E-state index in [4.69, 9.17) is 0 Å². The molecular formula is C27H22N2O4S2. The SMILES string of the molecule is Cc1ccc(S(=O)(=O)n2cc(/C=C3\SC(=O)N(Cc4cccc(C)c4)C3=O)c3ccccc32)cc1. The van der Waals surface area contributed by atoms with Crippen LogP contribution >= 0.6 is 11.8 Å². The lowest BCUT2D eigenvalue weighted by molar-refractivity contribution is -0.123. The summed E-state index contributed by atoms with van der Waals surface area (Å²) >= 11 is 0.863. The number of amides is 2. The minimum absolute atomic E-state index is 0.175. The average molecular weight is 503 g/mol. The summed E-state index contributed by atoms with van der Waals surface area (Å²) in [6.07, 6.45) is 3.11. The van der Waals surface area contributed by atoms with Crippen molar-refractivity contribution in [3.63, 3.8) is 0 Å². The van der Waals surface area contributed by atoms with Crippen molar-refractivity contribution in [2.45, 2.75) is 25.3 Å². The Labute approximate surface area is 207 Å². The van der Waals surface area contributed by atoms with Gasteiger partial charge in [0.2, 0.25) is 0 Å². The molecule has 8 heteroatoms. The van der Waals surface area contributed by atoms with Gasteiger partial charge in [0.15, 0.2) is 0 Å². The number of aryl methyl sites for hydroxylation is 2. The van der Waals surface area contributed by atoms with Crippen LogP contribution in [0.2, 0.25) is 0 Å². The molecule has 1 fully saturated rings. The first kappa shape index (κ1) is 23.1. The van der Waals surface area contributed by atoms with Crippen molar-refractivity contribution >= 4 is 49.9 Å². The van der Waals surface area contributed by atoms with Crippen LogP contribution in [-0.4, -0.2) is 28.4 Å². The molecule has 3 aromatic carbocycles. The molecule has 0 N–H and O–H groups in total. The number of fused-ring (bicyclic) bond motifs is 1. The first-order valence-corrected chi connectivity index (χ1v) is 13.2. The van der Waals surface area contributed by atoms with Crippen LogP contribution in [0.5, 0.6) is 0 Å². The molecule has 2 heterocycles. The van der Waals surface area contributed by atoms with E-state index in [2.05, 4.69) is 0 Å². The average Bonchev–Trinajstić information content (AvgIpc) is 3.33. The second-order valence-electron chi connectivity index (χ2n) is 8.47. The molecule has 0 radical (unpaired) electrons. The molecule has 35 heavy (non-hydrogen) atoms. The Balaban J connectivity index is 1.53. The Morgan fingerprint density at radius 1 is 0.886 bits per heavy atom. The van der Waals surface area contributed by atoms with Gasteiger partial charge in [-0.3, -0.25) is 14.5 Å². The number of carbonyl (C=O) groups excluding carboxylic acids is 2. The van der Waals surface area contributed by atoms with Gasteiger partial charge in [-0.15, -0.1) is 0 Å². The lowest BCUT2D eigenvalue weighted by atomic mass is 10.1. The highest BCUT2D eigenvalue weighted by molar-refractivity contribution is 8.18. The van der Waals surface area contributed by atoms with Crippen LogP contribution in [0.25, 0.3) is 17.0 Å². The highest BCUT2D eigenvalue weighted by atomic mass is 32.2. The quantitative estimate of drug-likeness (QED) is 0.326. The maximum absolute atomic E-state index is 13.4. The third kappa shape index (κ3) is 4.31. The second-order valence-corrected chi connectivity index (χ2v) is 11.3. The molecule has 0 atom stereocenters. The molecule has 1 aliphatic heterocycles. The van der Waals surface area contributed by atoms with Gasteiger partial charge in [0.05, 0.1) is 21.9 Å². The van der Waals surface area contributed by atoms with Crippen LogP contribution in [-0.2, 0) is 21.4 Å². The van der Waals surface area contributed by atoms with Gasteiger partial charge in [0.25, 0.3) is 21.2 Å². The van der Waals surface area contributed by atoms with E-state index >= 15 is 0 Å². The molecule has 6 nitrogen and oxygen atoms in total. The molecule has 0 saturated carbocycles. The molecule has 0 unspecified atom stereocenters. The minimum Gasteiger partial charge on any atom is -0.268 e. The lowest BCUT2D eigenvalue weighted by Crippen LogP contribution is -2.27. The maximum atomic E-state index is 13.4. The number of carbonyl (C=O) groups is 2. The monoisotopic (exact) mass is 502 g/mol. The third-order valence-electron chi connectivity index (χ3n) is 5.87. The van der Waals surface area contributed by atoms with E-state index in [1.54, 1.807) is 48.5 Å². The van der Waals surface area contributed by atoms with Crippen molar-refractivity contribution in [2.75, 3.05) is 0 Å². The molecule has 1 aromatic heterocycles. The number of para-hydroxylation sites is 1. The fourth-order valence-electron chi connectivity index (χ4n) is 4.08. The summed E-state index contributed by atoms with van der Waals surface area (Å²) in [5, 5.41) is 0.326. The zero-order chi connectivity index (χ0) is 24.7. The molecule has 2 amide bonds. The number of rotatable bonds is 5. The van der Waals surface area contributed by atoms with E-state index in [1.807, 2.05) is 44.2 Å². The van der Waals surface area contributed by atoms with Crippen molar-refractivity contribution in [2.24, 2.45) is 0 Å². The zero-order valence-corrected chi connectivity index (χ0v) is 20.8. The smallest absolute Gasteiger partial charge is 0.268 e. The number of aromatic nitrogens is 1. The van der Waals surface area contributed by atoms with Gasteiger partial charge in [-0.25, -0.2) is 12.4 Å². The zero-order valence-electron chi connectivity index (χ0n) is 19.1. The molecule has 0 spiro atoms. The second kappa shape index (κ2) is 8.87. The predicted octanol–water partition coefficient (Wildman–Crippen LogP) is 5.73. The van der Waals surface area contributed by atoms with E-state index in [0.29, 0.717) is 16.5 Å². The van der Waals surface area contributed by atoms with Gasteiger partial charge in [-0.1, -0.05) is 65.7 Å². The van der Waals surface area contributed by atoms with Crippen LogP contribution in [0.3, 0.4) is 0 Å². The normalized spacial score (nSPS) is 15.5. The van der Waals surface area contributed by atoms with Gasteiger partial charge in [0, 0.05) is 17.1 Å². The summed E-state index contributed by atoms with van der Waals surface area (Å²) in [6, 6.07) is 21.4. The van der Waals surface area contributed by atoms with E-state index in [0.717, 1.165) is 28.5 Å². The highest BCUT2D eigenvalue weighted by Crippen LogP contribution is 2.35. The summed E-state index contributed by atoms with van der Waals surface area (Å²) in [5.41, 5.74) is 3.93. The molecular weight excluding hydrogens is 480 g/mol. The number of nitrogens with zero attached hydrogens (tertiary/aromatic N) is 2. The first-order chi connectivity index (χ1) is 16.7. The summed E-state index contributed by atoms with van der Waals surface area (Å²) < 4.78 is 28.1. The predicted molar refractivity (Wildman–Crippen MR) is 138 cm³/mol. The maximum Gasteiger partial charge on any atom is 0.293 e. The van der Waals surface area contributed by atoms with Crippen molar-refractivity contribution in [1.82, 2.24) is 8.87 Å². The Morgan fingerprint density at radius 2 is 1.63 bits per heavy atom. The third-order valence-corrected chi connectivity index (χ3v) is 8.47. The standard InChI is InChI=1S/C27H22N2O4S2/c1-18-10-12-22(13-11-18)35(32,33)29-17-21(23-8-3-4-9-24(23)29)15-25-26(30)28(27(31)34-25)16-20-7-5-6-19(2)14-20/h3-15,17H,16H2,1-2H3/b25-15-. The molecule has 1 aliphatic rings. The molecule has 0 aliphatic carbocycles. The van der Waals surface area contributed by atoms with Gasteiger partial charge < -0.3 is 0 Å². The molecule has 5 rings (SSSR count). The largest absolute Gasteiger partial charge is 0.293 e. The Morgan fingerprint density at radius 3 is 2.37 bits per heavy atom. The van der Waals surface area contributed by atoms with Crippen molar-refractivity contribution in [3.05, 3.63) is 106 Å². The van der Waals surface area contributed by atoms with Crippen LogP contribution in [0.4, 0.5) is 4.79 Å². The Hall–Kier alpha value is -3.62. The Bertz CT molecular complexity index is 1620. The molecule has 1 saturated heterocycles. The Kier molecular flexibility index (Phi) is 5.86. The topological polar surface area (TPSA) is 76.5 Å². The van der Waals surface area contributed by atoms with Gasteiger partial charge in [-0.05, 0) is 55.4 Å². The summed E-state index contributed by atoms with van der Waals surface area (Å²) in [5.74, 6) is -0.389. The van der Waals surface area contributed by atoms with Crippen molar-refractivity contribution in [3.8, 4) is 0 Å². The molecule has 176 valence electrons. The highest BCUT2D eigenvalue weighted by Gasteiger charge is 2.35. The van der Waals surface area contributed by atoms with E-state index in [-0.39, 0.29) is 27.5 Å². The first-order valence-electron chi connectivity index (χ1n) is 11.0.